The highest BCUT2D eigenvalue weighted by molar-refractivity contribution is 6.01. The molecule has 0 radical (unpaired) electrons. The van der Waals surface area contributed by atoms with Crippen molar-refractivity contribution in [1.29, 1.82) is 0 Å². The van der Waals surface area contributed by atoms with Gasteiger partial charge in [-0.2, -0.15) is 0 Å². The van der Waals surface area contributed by atoms with Crippen LogP contribution in [0.5, 0.6) is 5.75 Å². The summed E-state index contributed by atoms with van der Waals surface area (Å²) in [6, 6.07) is 8.80. The topological polar surface area (TPSA) is 343 Å². The molecular formula is C87H124N8O22. The first-order valence-electron chi connectivity index (χ1n) is 40.5. The number of hydrogen-bond donors (Lipinski definition) is 1. The number of pyridine rings is 1. The number of esters is 3. The molecule has 1 aromatic carbocycles. The number of unbranched alkanes of at least 4 members (excludes halogenated alkanes) is 1. The van der Waals surface area contributed by atoms with E-state index in [9.17, 15) is 48.3 Å². The average Bonchev–Trinajstić information content (AvgIpc) is 1.58. The molecule has 0 spiro atoms. The number of imidazole rings is 2. The van der Waals surface area contributed by atoms with Crippen molar-refractivity contribution in [2.24, 2.45) is 41.4 Å². The second-order valence-corrected chi connectivity index (χ2v) is 32.9. The zero-order valence-electron chi connectivity index (χ0n) is 71.9. The maximum absolute atomic E-state index is 14.8. The van der Waals surface area contributed by atoms with Crippen LogP contribution in [0.15, 0.2) is 117 Å². The largest absolute Gasteiger partial charge is 0.496 e. The number of methoxy groups -OCH3 is 3. The first kappa shape index (κ1) is 93.8. The molecule has 3 aromatic heterocycles. The molecule has 30 heteroatoms. The number of Topliss-reactive ketones (excluding diaryl/α,β-unsaturated/α-hetero) is 4. The van der Waals surface area contributed by atoms with E-state index in [0.29, 0.717) is 49.2 Å². The minimum atomic E-state index is -1.80. The number of benzene rings is 1. The lowest BCUT2D eigenvalue weighted by molar-refractivity contribution is -0.295. The lowest BCUT2D eigenvalue weighted by Gasteiger charge is -2.47. The first-order valence-corrected chi connectivity index (χ1v) is 40.5. The van der Waals surface area contributed by atoms with E-state index in [1.54, 1.807) is 136 Å². The molecule has 0 bridgehead atoms. The number of fused-ring (bicyclic) bond motifs is 1. The van der Waals surface area contributed by atoms with Gasteiger partial charge in [-0.05, 0) is 170 Å². The van der Waals surface area contributed by atoms with Crippen LogP contribution in [-0.4, -0.2) is 255 Å². The van der Waals surface area contributed by atoms with Crippen LogP contribution in [-0.2, 0) is 87.4 Å². The van der Waals surface area contributed by atoms with Crippen molar-refractivity contribution in [1.82, 2.24) is 38.8 Å². The van der Waals surface area contributed by atoms with Gasteiger partial charge in [-0.15, -0.1) is 0 Å². The predicted molar refractivity (Wildman–Crippen MR) is 431 cm³/mol. The lowest BCUT2D eigenvalue weighted by Crippen LogP contribution is -2.60. The molecule has 8 heterocycles. The molecule has 9 rings (SSSR count). The Bertz CT molecular complexity index is 4130. The molecule has 0 saturated carbocycles. The molecule has 4 saturated heterocycles. The number of aromatic nitrogens is 5. The smallest absolute Gasteiger partial charge is 0.420 e. The summed E-state index contributed by atoms with van der Waals surface area (Å²) in [5.74, 6) is -10.0. The first-order chi connectivity index (χ1) is 55.3. The van der Waals surface area contributed by atoms with Gasteiger partial charge in [0.15, 0.2) is 47.2 Å². The summed E-state index contributed by atoms with van der Waals surface area (Å²) in [4.78, 5) is 145. The summed E-state index contributed by atoms with van der Waals surface area (Å²) in [6.07, 6.45) is 7.10. The third-order valence-corrected chi connectivity index (χ3v) is 24.1. The fourth-order valence-electron chi connectivity index (χ4n) is 17.3. The highest BCUT2D eigenvalue weighted by Crippen LogP contribution is 2.46. The molecule has 644 valence electrons. The summed E-state index contributed by atoms with van der Waals surface area (Å²) < 4.78 is 77.3. The highest BCUT2D eigenvalue weighted by atomic mass is 16.7. The van der Waals surface area contributed by atoms with Crippen LogP contribution in [0.2, 0.25) is 0 Å². The van der Waals surface area contributed by atoms with Crippen LogP contribution < -0.4 is 4.74 Å². The van der Waals surface area contributed by atoms with E-state index < -0.39 is 161 Å². The van der Waals surface area contributed by atoms with Gasteiger partial charge in [0.05, 0.1) is 78.0 Å². The second-order valence-electron chi connectivity index (χ2n) is 32.9. The normalized spacial score (nSPS) is 34.9. The van der Waals surface area contributed by atoms with Gasteiger partial charge in [0, 0.05) is 93.9 Å². The van der Waals surface area contributed by atoms with Gasteiger partial charge in [0.1, 0.15) is 48.0 Å². The number of ketones is 4. The van der Waals surface area contributed by atoms with Gasteiger partial charge < -0.3 is 76.3 Å². The van der Waals surface area contributed by atoms with E-state index in [4.69, 9.17) is 56.8 Å². The summed E-state index contributed by atoms with van der Waals surface area (Å²) in [6.45, 7) is 32.6. The number of aliphatic hydroxyl groups is 1. The molecule has 5 aliphatic heterocycles. The summed E-state index contributed by atoms with van der Waals surface area (Å²) >= 11 is 0. The molecule has 4 fully saturated rings. The molecular weight excluding hydrogens is 1510 g/mol. The van der Waals surface area contributed by atoms with Crippen molar-refractivity contribution < 1.29 is 105 Å². The van der Waals surface area contributed by atoms with Gasteiger partial charge in [0.25, 0.3) is 0 Å². The lowest BCUT2D eigenvalue weighted by atomic mass is 9.72. The molecule has 0 aliphatic carbocycles. The number of hydrogen-bond acceptors (Lipinski definition) is 27. The van der Waals surface area contributed by atoms with Crippen molar-refractivity contribution in [2.45, 2.75) is 257 Å². The third kappa shape index (κ3) is 20.9. The Balaban J connectivity index is 0.000000293. The fourth-order valence-corrected chi connectivity index (χ4v) is 17.3. The third-order valence-electron chi connectivity index (χ3n) is 24.1. The summed E-state index contributed by atoms with van der Waals surface area (Å²) in [5.41, 5.74) is -4.02. The zero-order valence-corrected chi connectivity index (χ0v) is 71.9. The van der Waals surface area contributed by atoms with E-state index in [1.165, 1.54) is 65.0 Å². The minimum Gasteiger partial charge on any atom is -0.496 e. The number of aliphatic hydroxyl groups excluding tert-OH is 1. The number of amides is 1. The van der Waals surface area contributed by atoms with Gasteiger partial charge >= 0.3 is 30.1 Å². The van der Waals surface area contributed by atoms with Crippen LogP contribution in [0.4, 0.5) is 9.59 Å². The average molecular weight is 1630 g/mol. The van der Waals surface area contributed by atoms with E-state index in [1.807, 2.05) is 62.6 Å². The number of carbonyl (C=O) groups is 9. The van der Waals surface area contributed by atoms with Gasteiger partial charge in [-0.3, -0.25) is 38.7 Å². The minimum absolute atomic E-state index is 0.0512. The van der Waals surface area contributed by atoms with Crippen molar-refractivity contribution in [3.8, 4) is 17.0 Å². The molecule has 30 nitrogen and oxygen atoms in total. The van der Waals surface area contributed by atoms with Gasteiger partial charge in [0.2, 0.25) is 0 Å². The zero-order chi connectivity index (χ0) is 86.5. The monoisotopic (exact) mass is 1630 g/mol. The van der Waals surface area contributed by atoms with E-state index in [-0.39, 0.29) is 73.7 Å². The number of ether oxygens (including phenoxy) is 12. The van der Waals surface area contributed by atoms with Crippen molar-refractivity contribution in [2.75, 3.05) is 56.1 Å². The fraction of sp³-hybridized carbons (Fsp3) is 0.632. The predicted octanol–water partition coefficient (Wildman–Crippen LogP) is 10.7. The number of aryl methyl sites for hydroxylation is 1. The number of nitrogens with zero attached hydrogens (tertiary/aromatic N) is 8. The molecule has 2 unspecified atom stereocenters. The highest BCUT2D eigenvalue weighted by Gasteiger charge is 2.62. The number of carbonyl (C=O) groups excluding carboxylic acids is 9. The molecule has 1 N–H and O–H groups in total. The molecule has 4 aromatic rings. The number of likely N-dealkylation sites (N-methyl/N-ethyl adjacent to an activating group) is 2. The molecule has 117 heavy (non-hydrogen) atoms. The summed E-state index contributed by atoms with van der Waals surface area (Å²) in [7, 11) is 12.0. The molecule has 1 amide bonds. The Labute approximate surface area is 687 Å². The van der Waals surface area contributed by atoms with Crippen LogP contribution in [0.3, 0.4) is 0 Å². The maximum atomic E-state index is 14.8. The number of cyclic esters (lactones) is 2. The SMILES string of the molecule is C=C[C@]1(OC(=O)n2ccnc2)/C=C(\C)C(=O)[C@H](C)C[C@](C)(OC)[C@H](OC2O[C@H](C)C[C@H](N(C)C)[C@H]2OC(=O)c2ccccc2)[C@@H](C)C(=O)[C@@H](C)C(=O)O[C@@H]1CC.C=C[C@]12OC(=O)N(CCCCn3cnc(-c4cnccc4OC)c3)[C@@H]1[C@@H](C)C(=O)[C@H](C)C[C@](C)(OC)[C@H](OC1O[C@H](C)C[C@H](N(C)C)[C@H]1O)[C@@H](C)C(=O)[C@@H](C)C(=O)O[C@@H]2CC. The van der Waals surface area contributed by atoms with Crippen molar-refractivity contribution in [3.63, 3.8) is 0 Å². The molecule has 5 aliphatic rings. The Morgan fingerprint density at radius 3 is 1.79 bits per heavy atom. The number of rotatable bonds is 22. The Hall–Kier alpha value is -8.72. The maximum Gasteiger partial charge on any atom is 0.420 e. The van der Waals surface area contributed by atoms with Crippen LogP contribution in [0.25, 0.3) is 11.3 Å². The van der Waals surface area contributed by atoms with Crippen molar-refractivity contribution >= 4 is 53.2 Å². The Morgan fingerprint density at radius 2 is 1.25 bits per heavy atom. The van der Waals surface area contributed by atoms with Gasteiger partial charge in [-0.25, -0.2) is 28.9 Å². The van der Waals surface area contributed by atoms with E-state index >= 15 is 0 Å². The number of allylic oxidation sites excluding steroid dienone is 1. The van der Waals surface area contributed by atoms with Gasteiger partial charge in [-0.1, -0.05) is 79.8 Å². The van der Waals surface area contributed by atoms with Crippen LogP contribution in [0.1, 0.15) is 159 Å². The Morgan fingerprint density at radius 1 is 0.684 bits per heavy atom. The van der Waals surface area contributed by atoms with Crippen LogP contribution >= 0.6 is 0 Å². The van der Waals surface area contributed by atoms with Crippen LogP contribution in [0, 0.1) is 41.4 Å². The standard InChI is InChI=1S/C45H67N5O11.C42H57N3O11/c1-13-35-45(14-2)39(50(43(55)61-45)20-16-15-19-49-24-32(47-25-49)31-23-46-18-17-34(31)56-11)28(5)36(51)26(3)22-44(8,57-12)40(29(6)37(52)30(7)41(54)59-35)60-42-38(53)33(48(9)10)21-27(4)58-42;1-12-32-42(13-2,56-40(50)45-20-19-43-24-45)23-26(4)33(46)25(3)22-41(8,51-11)36(28(6)34(47)29(7)37(48)53-32)55-39-35(31(44(9)10)21-27(5)52-39)54-38(49)30-17-15-14-16-18-30/h14,17-18,23-30,33,35,38-40,42,53H,2,13,15-16,19-22H2,1,3-12H3;13-20,23-25,27-29,31-32,35-36,39H,2,12,21-22H2,1,3-11H3/b;26-23+/t26-,27-,28+,29+,30-,33+,35-,38-,39-,40-,42?,44+,45-;25-,27-,28+,29-,31+,32-,35-,36-,39?,41+,42+/m11/s1. The second kappa shape index (κ2) is 40.4. The Kier molecular flexibility index (Phi) is 32.3. The summed E-state index contributed by atoms with van der Waals surface area (Å²) in [5, 5.41) is 11.5. The quantitative estimate of drug-likeness (QED) is 0.0251. The molecule has 24 atom stereocenters. The van der Waals surface area contributed by atoms with E-state index in [0.717, 1.165) is 10.1 Å². The van der Waals surface area contributed by atoms with Crippen molar-refractivity contribution in [3.05, 3.63) is 123 Å². The van der Waals surface area contributed by atoms with E-state index in [2.05, 4.69) is 28.1 Å².